The van der Waals surface area contributed by atoms with Crippen LogP contribution in [0.5, 0.6) is 11.5 Å². The summed E-state index contributed by atoms with van der Waals surface area (Å²) >= 11 is 0. The molecule has 0 amide bonds. The molecule has 1 aromatic heterocycles. The molecule has 0 radical (unpaired) electrons. The fraction of sp³-hybridized carbons (Fsp3) is 0.280. The summed E-state index contributed by atoms with van der Waals surface area (Å²) in [6.07, 6.45) is 1.90. The van der Waals surface area contributed by atoms with E-state index in [2.05, 4.69) is 42.2 Å². The molecule has 4 rings (SSSR count). The second-order valence-corrected chi connectivity index (χ2v) is 7.44. The lowest BCUT2D eigenvalue weighted by Gasteiger charge is -2.29. The van der Waals surface area contributed by atoms with Crippen molar-refractivity contribution in [3.05, 3.63) is 59.2 Å². The van der Waals surface area contributed by atoms with Crippen molar-refractivity contribution in [1.82, 2.24) is 4.98 Å². The summed E-state index contributed by atoms with van der Waals surface area (Å²) in [6, 6.07) is 16.2. The van der Waals surface area contributed by atoms with Crippen molar-refractivity contribution in [2.75, 3.05) is 45.4 Å². The highest BCUT2D eigenvalue weighted by Crippen LogP contribution is 2.33. The first-order valence-electron chi connectivity index (χ1n) is 10.2. The Kier molecular flexibility index (Phi) is 6.06. The Bertz CT molecular complexity index is 1170. The summed E-state index contributed by atoms with van der Waals surface area (Å²) in [4.78, 5) is 7.20. The lowest BCUT2D eigenvalue weighted by molar-refractivity contribution is 0.122. The van der Waals surface area contributed by atoms with Gasteiger partial charge in [0.25, 0.3) is 0 Å². The molecule has 0 atom stereocenters. The molecule has 1 aliphatic rings. The Morgan fingerprint density at radius 1 is 1.06 bits per heavy atom. The highest BCUT2D eigenvalue weighted by molar-refractivity contribution is 5.95. The van der Waals surface area contributed by atoms with Crippen LogP contribution in [-0.2, 0) is 4.74 Å². The topological polar surface area (TPSA) is 67.6 Å². The van der Waals surface area contributed by atoms with Gasteiger partial charge >= 0.3 is 0 Å². The number of aromatic nitrogens is 1. The van der Waals surface area contributed by atoms with Crippen molar-refractivity contribution in [1.29, 1.82) is 5.26 Å². The van der Waals surface area contributed by atoms with Crippen LogP contribution in [-0.4, -0.2) is 45.5 Å². The number of methoxy groups -OCH3 is 2. The Labute approximate surface area is 182 Å². The summed E-state index contributed by atoms with van der Waals surface area (Å²) in [5.41, 5.74) is 4.31. The Morgan fingerprint density at radius 2 is 1.84 bits per heavy atom. The number of anilines is 1. The SMILES string of the molecule is COc1ccc(/C(C#N)=C\c2cc3ccc(C)cc3nc2N2CCOCC2)cc1OC. The van der Waals surface area contributed by atoms with Gasteiger partial charge in [-0.05, 0) is 54.5 Å². The number of pyridine rings is 1. The molecule has 158 valence electrons. The minimum absolute atomic E-state index is 0.531. The minimum atomic E-state index is 0.531. The summed E-state index contributed by atoms with van der Waals surface area (Å²) < 4.78 is 16.3. The van der Waals surface area contributed by atoms with E-state index in [4.69, 9.17) is 19.2 Å². The summed E-state index contributed by atoms with van der Waals surface area (Å²) in [5.74, 6) is 2.08. The van der Waals surface area contributed by atoms with E-state index in [1.807, 2.05) is 24.3 Å². The van der Waals surface area contributed by atoms with Crippen LogP contribution in [0, 0.1) is 18.3 Å². The van der Waals surface area contributed by atoms with Gasteiger partial charge in [-0.25, -0.2) is 4.98 Å². The highest BCUT2D eigenvalue weighted by atomic mass is 16.5. The van der Waals surface area contributed by atoms with Crippen LogP contribution in [0.2, 0.25) is 0 Å². The number of allylic oxidation sites excluding steroid dienone is 1. The van der Waals surface area contributed by atoms with Crippen LogP contribution in [0.15, 0.2) is 42.5 Å². The number of hydrogen-bond acceptors (Lipinski definition) is 6. The molecule has 6 heteroatoms. The fourth-order valence-corrected chi connectivity index (χ4v) is 3.76. The van der Waals surface area contributed by atoms with Gasteiger partial charge in [-0.1, -0.05) is 12.1 Å². The maximum absolute atomic E-state index is 9.94. The third-order valence-electron chi connectivity index (χ3n) is 5.41. The molecule has 0 spiro atoms. The Balaban J connectivity index is 1.85. The van der Waals surface area contributed by atoms with Crippen LogP contribution in [0.25, 0.3) is 22.6 Å². The second kappa shape index (κ2) is 9.07. The summed E-state index contributed by atoms with van der Waals surface area (Å²) in [7, 11) is 3.18. The molecule has 1 fully saturated rings. The van der Waals surface area contributed by atoms with Gasteiger partial charge in [0, 0.05) is 24.0 Å². The first-order valence-corrected chi connectivity index (χ1v) is 10.2. The predicted octanol–water partition coefficient (Wildman–Crippen LogP) is 4.46. The van der Waals surface area contributed by atoms with Gasteiger partial charge in [0.15, 0.2) is 11.5 Å². The van der Waals surface area contributed by atoms with Crippen molar-refractivity contribution in [3.8, 4) is 17.6 Å². The molecule has 0 aliphatic carbocycles. The maximum Gasteiger partial charge on any atom is 0.161 e. The largest absolute Gasteiger partial charge is 0.493 e. The van der Waals surface area contributed by atoms with E-state index < -0.39 is 0 Å². The van der Waals surface area contributed by atoms with Crippen LogP contribution < -0.4 is 14.4 Å². The molecule has 0 unspecified atom stereocenters. The number of ether oxygens (including phenoxy) is 3. The second-order valence-electron chi connectivity index (χ2n) is 7.44. The zero-order valence-corrected chi connectivity index (χ0v) is 18.0. The Morgan fingerprint density at radius 3 is 2.55 bits per heavy atom. The summed E-state index contributed by atoms with van der Waals surface area (Å²) in [6.45, 7) is 4.93. The van der Waals surface area contributed by atoms with Gasteiger partial charge in [0.2, 0.25) is 0 Å². The van der Waals surface area contributed by atoms with Crippen LogP contribution >= 0.6 is 0 Å². The fourth-order valence-electron chi connectivity index (χ4n) is 3.76. The number of hydrogen-bond donors (Lipinski definition) is 0. The first-order chi connectivity index (χ1) is 15.1. The normalized spacial score (nSPS) is 14.4. The van der Waals surface area contributed by atoms with Crippen LogP contribution in [0.4, 0.5) is 5.82 Å². The minimum Gasteiger partial charge on any atom is -0.493 e. The molecule has 1 saturated heterocycles. The van der Waals surface area contributed by atoms with E-state index in [0.29, 0.717) is 30.3 Å². The van der Waals surface area contributed by atoms with Crippen LogP contribution in [0.3, 0.4) is 0 Å². The maximum atomic E-state index is 9.94. The lowest BCUT2D eigenvalue weighted by atomic mass is 10.0. The van der Waals surface area contributed by atoms with Gasteiger partial charge < -0.3 is 19.1 Å². The quantitative estimate of drug-likeness (QED) is 0.573. The van der Waals surface area contributed by atoms with E-state index in [-0.39, 0.29) is 0 Å². The third kappa shape index (κ3) is 4.32. The molecule has 0 bridgehead atoms. The molecule has 1 aliphatic heterocycles. The predicted molar refractivity (Wildman–Crippen MR) is 123 cm³/mol. The Hall–Kier alpha value is -3.56. The summed E-state index contributed by atoms with van der Waals surface area (Å²) in [5, 5.41) is 11.0. The molecule has 3 aromatic rings. The van der Waals surface area contributed by atoms with Crippen molar-refractivity contribution in [2.45, 2.75) is 6.92 Å². The number of fused-ring (bicyclic) bond motifs is 1. The number of benzene rings is 2. The van der Waals surface area contributed by atoms with E-state index in [1.54, 1.807) is 14.2 Å². The molecule has 31 heavy (non-hydrogen) atoms. The number of rotatable bonds is 5. The van der Waals surface area contributed by atoms with Crippen LogP contribution in [0.1, 0.15) is 16.7 Å². The average molecular weight is 415 g/mol. The number of aryl methyl sites for hydroxylation is 1. The smallest absolute Gasteiger partial charge is 0.161 e. The van der Waals surface area contributed by atoms with Crippen molar-refractivity contribution in [3.63, 3.8) is 0 Å². The van der Waals surface area contributed by atoms with Crippen molar-refractivity contribution >= 4 is 28.4 Å². The number of nitriles is 1. The molecule has 6 nitrogen and oxygen atoms in total. The van der Waals surface area contributed by atoms with Gasteiger partial charge in [0.1, 0.15) is 5.82 Å². The van der Waals surface area contributed by atoms with Crippen molar-refractivity contribution in [2.24, 2.45) is 0 Å². The average Bonchev–Trinajstić information content (AvgIpc) is 2.82. The zero-order valence-electron chi connectivity index (χ0n) is 18.0. The molecular formula is C25H25N3O3. The van der Waals surface area contributed by atoms with Gasteiger partial charge in [-0.15, -0.1) is 0 Å². The van der Waals surface area contributed by atoms with E-state index in [0.717, 1.165) is 40.9 Å². The molecular weight excluding hydrogens is 390 g/mol. The molecule has 2 aromatic carbocycles. The highest BCUT2D eigenvalue weighted by Gasteiger charge is 2.18. The van der Waals surface area contributed by atoms with E-state index >= 15 is 0 Å². The van der Waals surface area contributed by atoms with Crippen molar-refractivity contribution < 1.29 is 14.2 Å². The number of morpholine rings is 1. The van der Waals surface area contributed by atoms with E-state index in [9.17, 15) is 5.26 Å². The zero-order chi connectivity index (χ0) is 21.8. The lowest BCUT2D eigenvalue weighted by Crippen LogP contribution is -2.37. The standard InChI is InChI=1S/C25H25N3O3/c1-17-4-5-19-13-20(25(27-22(19)12-17)28-8-10-31-11-9-28)14-21(16-26)18-6-7-23(29-2)24(15-18)30-3/h4-7,12-15H,8-11H2,1-3H3/b21-14-. The van der Waals surface area contributed by atoms with Gasteiger partial charge in [-0.3, -0.25) is 0 Å². The number of nitrogens with zero attached hydrogens (tertiary/aromatic N) is 3. The molecule has 2 heterocycles. The third-order valence-corrected chi connectivity index (χ3v) is 5.41. The monoisotopic (exact) mass is 415 g/mol. The molecule has 0 N–H and O–H groups in total. The van der Waals surface area contributed by atoms with Gasteiger partial charge in [-0.2, -0.15) is 5.26 Å². The first kappa shape index (κ1) is 20.7. The van der Waals surface area contributed by atoms with Gasteiger partial charge in [0.05, 0.1) is 44.6 Å². The molecule has 0 saturated carbocycles. The van der Waals surface area contributed by atoms with E-state index in [1.165, 1.54) is 5.56 Å².